The van der Waals surface area contributed by atoms with Crippen LogP contribution in [0.25, 0.3) is 21.3 Å². The lowest BCUT2D eigenvalue weighted by Crippen LogP contribution is -1.86. The molecule has 1 aromatic carbocycles. The normalized spacial score (nSPS) is 10.5. The molecule has 0 spiro atoms. The number of thiophene rings is 1. The van der Waals surface area contributed by atoms with Crippen molar-refractivity contribution in [3.05, 3.63) is 46.4 Å². The maximum absolute atomic E-state index is 6.19. The van der Waals surface area contributed by atoms with Gasteiger partial charge in [-0.3, -0.25) is 0 Å². The van der Waals surface area contributed by atoms with Gasteiger partial charge < -0.3 is 5.73 Å². The standard InChI is InChI=1S/C15H9ClN2S/c1-2-13-14(17)11-7-9(8-18-15(11)19-13)10-5-3-4-6-12(10)16/h1,3-8H,17H2. The first-order valence-electron chi connectivity index (χ1n) is 5.60. The molecule has 0 aliphatic carbocycles. The zero-order valence-corrected chi connectivity index (χ0v) is 11.4. The molecule has 0 radical (unpaired) electrons. The van der Waals surface area contributed by atoms with Crippen LogP contribution in [0.3, 0.4) is 0 Å². The van der Waals surface area contributed by atoms with Crippen LogP contribution >= 0.6 is 22.9 Å². The highest BCUT2D eigenvalue weighted by Gasteiger charge is 2.11. The molecule has 3 aromatic rings. The fourth-order valence-corrected chi connectivity index (χ4v) is 3.05. The molecule has 0 amide bonds. The topological polar surface area (TPSA) is 38.9 Å². The van der Waals surface area contributed by atoms with Crippen LogP contribution in [0.15, 0.2) is 36.5 Å². The molecule has 0 unspecified atom stereocenters. The summed E-state index contributed by atoms with van der Waals surface area (Å²) in [6.45, 7) is 0. The lowest BCUT2D eigenvalue weighted by atomic mass is 10.1. The van der Waals surface area contributed by atoms with E-state index in [0.29, 0.717) is 10.7 Å². The van der Waals surface area contributed by atoms with E-state index in [1.54, 1.807) is 6.20 Å². The maximum atomic E-state index is 6.19. The van der Waals surface area contributed by atoms with E-state index in [0.717, 1.165) is 26.2 Å². The van der Waals surface area contributed by atoms with Crippen LogP contribution in [0.4, 0.5) is 5.69 Å². The van der Waals surface area contributed by atoms with Crippen LogP contribution in [-0.2, 0) is 0 Å². The van der Waals surface area contributed by atoms with Gasteiger partial charge in [0.25, 0.3) is 0 Å². The number of fused-ring (bicyclic) bond motifs is 1. The van der Waals surface area contributed by atoms with E-state index >= 15 is 0 Å². The van der Waals surface area contributed by atoms with Crippen molar-refractivity contribution in [2.45, 2.75) is 0 Å². The van der Waals surface area contributed by atoms with Crippen molar-refractivity contribution < 1.29 is 0 Å². The number of nitrogens with zero attached hydrogens (tertiary/aromatic N) is 1. The van der Waals surface area contributed by atoms with Gasteiger partial charge in [-0.2, -0.15) is 0 Å². The van der Waals surface area contributed by atoms with Crippen LogP contribution in [-0.4, -0.2) is 4.98 Å². The van der Waals surface area contributed by atoms with Crippen molar-refractivity contribution in [2.75, 3.05) is 5.73 Å². The first kappa shape index (κ1) is 12.0. The minimum absolute atomic E-state index is 0.615. The molecule has 0 bridgehead atoms. The predicted octanol–water partition coefficient (Wildman–Crippen LogP) is 4.18. The molecule has 92 valence electrons. The highest BCUT2D eigenvalue weighted by molar-refractivity contribution is 7.19. The van der Waals surface area contributed by atoms with E-state index in [2.05, 4.69) is 10.9 Å². The Morgan fingerprint density at radius 1 is 1.32 bits per heavy atom. The third-order valence-electron chi connectivity index (χ3n) is 2.90. The summed E-state index contributed by atoms with van der Waals surface area (Å²) in [6.07, 6.45) is 7.21. The summed E-state index contributed by atoms with van der Waals surface area (Å²) >= 11 is 7.62. The summed E-state index contributed by atoms with van der Waals surface area (Å²) in [5.41, 5.74) is 8.52. The second-order valence-corrected chi connectivity index (χ2v) is 5.45. The molecule has 19 heavy (non-hydrogen) atoms. The average Bonchev–Trinajstić information content (AvgIpc) is 2.76. The predicted molar refractivity (Wildman–Crippen MR) is 82.4 cm³/mol. The van der Waals surface area contributed by atoms with E-state index < -0.39 is 0 Å². The number of hydrogen-bond acceptors (Lipinski definition) is 3. The van der Waals surface area contributed by atoms with Crippen LogP contribution < -0.4 is 5.73 Å². The van der Waals surface area contributed by atoms with E-state index in [9.17, 15) is 0 Å². The summed E-state index contributed by atoms with van der Waals surface area (Å²) < 4.78 is 0. The molecular weight excluding hydrogens is 276 g/mol. The Morgan fingerprint density at radius 3 is 2.84 bits per heavy atom. The van der Waals surface area contributed by atoms with Gasteiger partial charge in [0.1, 0.15) is 9.71 Å². The van der Waals surface area contributed by atoms with E-state index in [1.165, 1.54) is 11.3 Å². The van der Waals surface area contributed by atoms with Gasteiger partial charge in [0.05, 0.1) is 5.69 Å². The summed E-state index contributed by atoms with van der Waals surface area (Å²) in [7, 11) is 0. The van der Waals surface area contributed by atoms with Crippen LogP contribution in [0.5, 0.6) is 0 Å². The quantitative estimate of drug-likeness (QED) is 0.681. The minimum Gasteiger partial charge on any atom is -0.396 e. The van der Waals surface area contributed by atoms with E-state index in [1.807, 2.05) is 30.3 Å². The molecule has 2 N–H and O–H groups in total. The van der Waals surface area contributed by atoms with Crippen LogP contribution in [0, 0.1) is 12.3 Å². The van der Waals surface area contributed by atoms with Gasteiger partial charge in [0.2, 0.25) is 0 Å². The molecule has 0 atom stereocenters. The molecule has 0 saturated carbocycles. The van der Waals surface area contributed by atoms with Crippen molar-refractivity contribution in [1.82, 2.24) is 4.98 Å². The molecule has 0 aliphatic heterocycles. The molecule has 3 rings (SSSR count). The zero-order valence-electron chi connectivity index (χ0n) is 9.85. The number of terminal acetylenes is 1. The van der Waals surface area contributed by atoms with Crippen molar-refractivity contribution >= 4 is 38.8 Å². The van der Waals surface area contributed by atoms with Gasteiger partial charge >= 0.3 is 0 Å². The number of hydrogen-bond donors (Lipinski definition) is 1. The van der Waals surface area contributed by atoms with Gasteiger partial charge in [-0.25, -0.2) is 4.98 Å². The molecular formula is C15H9ClN2S. The Balaban J connectivity index is 2.25. The number of nitrogens with two attached hydrogens (primary N) is 1. The third kappa shape index (κ3) is 1.95. The van der Waals surface area contributed by atoms with Gasteiger partial charge in [-0.15, -0.1) is 17.8 Å². The Kier molecular flexibility index (Phi) is 2.90. The van der Waals surface area contributed by atoms with E-state index in [4.69, 9.17) is 23.8 Å². The van der Waals surface area contributed by atoms with Crippen molar-refractivity contribution in [3.8, 4) is 23.5 Å². The average molecular weight is 285 g/mol. The number of rotatable bonds is 1. The monoisotopic (exact) mass is 284 g/mol. The first-order valence-corrected chi connectivity index (χ1v) is 6.79. The lowest BCUT2D eigenvalue weighted by molar-refractivity contribution is 1.44. The second-order valence-electron chi connectivity index (χ2n) is 4.05. The Bertz CT molecular complexity index is 815. The molecule has 4 heteroatoms. The summed E-state index contributed by atoms with van der Waals surface area (Å²) in [5.74, 6) is 2.58. The third-order valence-corrected chi connectivity index (χ3v) is 4.29. The number of benzene rings is 1. The number of pyridine rings is 1. The second kappa shape index (κ2) is 4.58. The van der Waals surface area contributed by atoms with Crippen molar-refractivity contribution in [3.63, 3.8) is 0 Å². The Hall–Kier alpha value is -2.02. The smallest absolute Gasteiger partial charge is 0.126 e. The van der Waals surface area contributed by atoms with Gasteiger partial charge in [-0.1, -0.05) is 35.7 Å². The molecule has 2 heterocycles. The SMILES string of the molecule is C#Cc1sc2ncc(-c3ccccc3Cl)cc2c1N. The Labute approximate surface area is 119 Å². The summed E-state index contributed by atoms with van der Waals surface area (Å²) in [6, 6.07) is 9.62. The number of halogens is 1. The fraction of sp³-hybridized carbons (Fsp3) is 0. The molecule has 0 aliphatic rings. The van der Waals surface area contributed by atoms with Gasteiger partial charge in [0.15, 0.2) is 0 Å². The largest absolute Gasteiger partial charge is 0.396 e. The molecule has 2 aromatic heterocycles. The number of aromatic nitrogens is 1. The molecule has 2 nitrogen and oxygen atoms in total. The fourth-order valence-electron chi connectivity index (χ4n) is 1.95. The highest BCUT2D eigenvalue weighted by Crippen LogP contribution is 2.35. The summed E-state index contributed by atoms with van der Waals surface area (Å²) in [5, 5.41) is 1.57. The maximum Gasteiger partial charge on any atom is 0.126 e. The van der Waals surface area contributed by atoms with Crippen LogP contribution in [0.2, 0.25) is 5.02 Å². The van der Waals surface area contributed by atoms with Gasteiger partial charge in [0, 0.05) is 27.7 Å². The lowest BCUT2D eigenvalue weighted by Gasteiger charge is -2.04. The van der Waals surface area contributed by atoms with Gasteiger partial charge in [-0.05, 0) is 12.1 Å². The highest BCUT2D eigenvalue weighted by atomic mass is 35.5. The van der Waals surface area contributed by atoms with E-state index in [-0.39, 0.29) is 0 Å². The van der Waals surface area contributed by atoms with Crippen molar-refractivity contribution in [2.24, 2.45) is 0 Å². The first-order chi connectivity index (χ1) is 9.20. The number of nitrogen functional groups attached to an aromatic ring is 1. The number of anilines is 1. The zero-order chi connectivity index (χ0) is 13.4. The van der Waals surface area contributed by atoms with Crippen LogP contribution in [0.1, 0.15) is 4.88 Å². The molecule has 0 fully saturated rings. The van der Waals surface area contributed by atoms with Crippen molar-refractivity contribution in [1.29, 1.82) is 0 Å². The Morgan fingerprint density at radius 2 is 2.11 bits per heavy atom. The minimum atomic E-state index is 0.615. The summed E-state index contributed by atoms with van der Waals surface area (Å²) in [4.78, 5) is 5.98. The molecule has 0 saturated heterocycles.